The van der Waals surface area contributed by atoms with Gasteiger partial charge in [0.2, 0.25) is 35.8 Å². The molecule has 18 N–H and O–H groups in total. The van der Waals surface area contributed by atoms with Crippen LogP contribution in [0, 0.1) is 13.8 Å². The average molecular weight is 2120 g/mol. The van der Waals surface area contributed by atoms with Gasteiger partial charge in [0.25, 0.3) is 0 Å². The molecule has 12 aromatic heterocycles. The van der Waals surface area contributed by atoms with E-state index in [0.717, 1.165) is 101 Å². The maximum atomic E-state index is 12.8. The van der Waals surface area contributed by atoms with Crippen LogP contribution < -0.4 is 88.8 Å². The van der Waals surface area contributed by atoms with Gasteiger partial charge in [-0.25, -0.2) is 59.8 Å². The normalized spacial score (nSPS) is 12.0. The Kier molecular flexibility index (Phi) is 46.3. The molecule has 0 aliphatic carbocycles. The van der Waals surface area contributed by atoms with Gasteiger partial charge in [-0.2, -0.15) is 33.1 Å². The summed E-state index contributed by atoms with van der Waals surface area (Å²) in [5.41, 5.74) is 40.1. The second-order valence-electron chi connectivity index (χ2n) is 35.1. The van der Waals surface area contributed by atoms with Crippen LogP contribution in [-0.2, 0) is 6.18 Å². The van der Waals surface area contributed by atoms with Crippen molar-refractivity contribution in [3.05, 3.63) is 172 Å². The monoisotopic (exact) mass is 2120 g/mol. The summed E-state index contributed by atoms with van der Waals surface area (Å²) >= 11 is 6.51. The molecule has 0 amide bonds. The highest BCUT2D eigenvalue weighted by molar-refractivity contribution is 9.10. The molecule has 0 spiro atoms. The van der Waals surface area contributed by atoms with E-state index in [9.17, 15) is 23.4 Å². The van der Waals surface area contributed by atoms with Crippen LogP contribution in [0.2, 0.25) is 0 Å². The first-order valence-corrected chi connectivity index (χ1v) is 50.1. The fourth-order valence-electron chi connectivity index (χ4n) is 12.9. The Morgan fingerprint density at radius 3 is 1.21 bits per heavy atom. The van der Waals surface area contributed by atoms with Crippen molar-refractivity contribution in [1.82, 2.24) is 99.5 Å². The van der Waals surface area contributed by atoms with Crippen molar-refractivity contribution in [2.45, 2.75) is 207 Å². The van der Waals surface area contributed by atoms with Gasteiger partial charge in [-0.15, -0.1) is 33.8 Å². The van der Waals surface area contributed by atoms with E-state index < -0.39 is 24.1 Å². The van der Waals surface area contributed by atoms with Crippen LogP contribution in [-0.4, -0.2) is 209 Å². The molecule has 13 rings (SSSR count). The summed E-state index contributed by atoms with van der Waals surface area (Å²) in [7, 11) is 9.60. The second-order valence-corrected chi connectivity index (χ2v) is 37.5. The Hall–Kier alpha value is -14.0. The number of aliphatic hydroxyl groups excluding tert-OH is 2. The summed E-state index contributed by atoms with van der Waals surface area (Å²) < 4.78 is 79.8. The highest BCUT2D eigenvalue weighted by Crippen LogP contribution is 2.43. The SMILES string of the molecule is CC(C)c1cnc(Br)cc1Oc1cnc(N)nc1NCCN(C)C.CCC(O)CNc1ncc(Oc2cc(OC)ncc2C(C)C)c(N)n1.CCCC(CCO)Nc1ncc(Oc2cc(SC)ncc2C(C)C)c(N)n1.CSc1cc(Oc2cnc(N)nc2NCCN(C)C)c(C(C)C)cn1.Cc1ncc(Oc2cc(C(F)(F)F)ncc2C(C)C)c(N)n1.Cc1ncc(Oc2cc(C3N=NN=N3)ncc2C(C)C)c(N)n1. The number of nitrogens with one attached hydrogen (secondary N) is 4. The lowest BCUT2D eigenvalue weighted by molar-refractivity contribution is -0.141. The predicted octanol–water partition coefficient (Wildman–Crippen LogP) is 20.0. The lowest BCUT2D eigenvalue weighted by Crippen LogP contribution is -2.22. The first-order valence-electron chi connectivity index (χ1n) is 46.9. The van der Waals surface area contributed by atoms with Crippen molar-refractivity contribution < 1.29 is 56.5 Å². The van der Waals surface area contributed by atoms with Crippen LogP contribution >= 0.6 is 39.5 Å². The van der Waals surface area contributed by atoms with E-state index >= 15 is 0 Å². The first-order chi connectivity index (χ1) is 69.4. The summed E-state index contributed by atoms with van der Waals surface area (Å²) in [4.78, 5) is 79.0. The molecule has 0 radical (unpaired) electrons. The number of nitrogen functional groups attached to an aromatic ring is 6. The Morgan fingerprint density at radius 1 is 0.432 bits per heavy atom. The van der Waals surface area contributed by atoms with Gasteiger partial charge in [-0.3, -0.25) is 9.97 Å². The number of ether oxygens (including phenoxy) is 7. The van der Waals surface area contributed by atoms with E-state index in [4.69, 9.17) is 67.6 Å². The third-order valence-electron chi connectivity index (χ3n) is 20.9. The van der Waals surface area contributed by atoms with Crippen LogP contribution in [0.1, 0.15) is 221 Å². The molecular formula is C97H134BrF3N34O9S2. The number of hydrogen-bond donors (Lipinski definition) is 12. The van der Waals surface area contributed by atoms with Crippen LogP contribution in [0.4, 0.5) is 71.9 Å². The zero-order valence-corrected chi connectivity index (χ0v) is 89.7. The van der Waals surface area contributed by atoms with Gasteiger partial charge in [-0.1, -0.05) is 103 Å². The molecule has 0 bridgehead atoms. The molecule has 0 fully saturated rings. The van der Waals surface area contributed by atoms with Crippen molar-refractivity contribution in [2.75, 3.05) is 143 Å². The molecule has 0 saturated heterocycles. The molecule has 1 aliphatic heterocycles. The summed E-state index contributed by atoms with van der Waals surface area (Å²) in [5.74, 6) is 11.6. The number of aromatic nitrogens is 18. The Morgan fingerprint density at radius 2 is 0.808 bits per heavy atom. The lowest BCUT2D eigenvalue weighted by atomic mass is 10.0. The molecule has 0 aromatic carbocycles. The predicted molar refractivity (Wildman–Crippen MR) is 567 cm³/mol. The van der Waals surface area contributed by atoms with E-state index in [1.54, 1.807) is 100.0 Å². The van der Waals surface area contributed by atoms with Crippen LogP contribution in [0.25, 0.3) is 0 Å². The van der Waals surface area contributed by atoms with E-state index in [1.807, 2.05) is 120 Å². The number of aryl methyl sites for hydroxylation is 2. The van der Waals surface area contributed by atoms with Crippen LogP contribution in [0.15, 0.2) is 146 Å². The molecule has 2 unspecified atom stereocenters. The average Bonchev–Trinajstić information content (AvgIpc) is 1.69. The molecule has 43 nitrogen and oxygen atoms in total. The number of halogens is 4. The number of nitrogens with zero attached hydrogens (tertiary/aromatic N) is 24. The number of pyridine rings is 6. The zero-order chi connectivity index (χ0) is 107. The summed E-state index contributed by atoms with van der Waals surface area (Å²) in [5, 5.41) is 48.0. The minimum Gasteiger partial charge on any atom is -0.481 e. The van der Waals surface area contributed by atoms with Crippen molar-refractivity contribution >= 4 is 98.2 Å². The lowest BCUT2D eigenvalue weighted by Gasteiger charge is -2.18. The molecular weight excluding hydrogens is 1990 g/mol. The highest BCUT2D eigenvalue weighted by Gasteiger charge is 2.34. The van der Waals surface area contributed by atoms with Crippen molar-refractivity contribution in [3.8, 4) is 74.9 Å². The van der Waals surface area contributed by atoms with Crippen molar-refractivity contribution in [3.63, 3.8) is 0 Å². The number of anilines is 10. The molecule has 13 heterocycles. The van der Waals surface area contributed by atoms with Gasteiger partial charge in [0.15, 0.2) is 69.4 Å². The molecule has 1 aliphatic rings. The van der Waals surface area contributed by atoms with Crippen molar-refractivity contribution in [1.29, 1.82) is 0 Å². The summed E-state index contributed by atoms with van der Waals surface area (Å²) in [6, 6.07) is 10.1. The Balaban J connectivity index is 0.000000214. The number of likely N-dealkylation sites (N-methyl/N-ethyl adjacent to an activating group) is 2. The van der Waals surface area contributed by atoms with Crippen LogP contribution in [0.5, 0.6) is 74.9 Å². The van der Waals surface area contributed by atoms with E-state index in [-0.39, 0.29) is 88.9 Å². The molecule has 146 heavy (non-hydrogen) atoms. The van der Waals surface area contributed by atoms with Gasteiger partial charge in [0.1, 0.15) is 56.4 Å². The van der Waals surface area contributed by atoms with Crippen molar-refractivity contribution in [2.24, 2.45) is 20.7 Å². The number of alkyl halides is 3. The summed E-state index contributed by atoms with van der Waals surface area (Å²) in [6.07, 6.45) is 20.9. The largest absolute Gasteiger partial charge is 0.481 e. The second kappa shape index (κ2) is 57.6. The third-order valence-corrected chi connectivity index (χ3v) is 22.6. The maximum absolute atomic E-state index is 12.8. The number of nitrogens with two attached hydrogens (primary N) is 6. The van der Waals surface area contributed by atoms with Gasteiger partial charge >= 0.3 is 6.18 Å². The fraction of sp³-hybridized carbons (Fsp3) is 0.443. The van der Waals surface area contributed by atoms with E-state index in [0.29, 0.717) is 128 Å². The maximum Gasteiger partial charge on any atom is 0.433 e. The van der Waals surface area contributed by atoms with Gasteiger partial charge in [0.05, 0.1) is 66.1 Å². The number of thioether (sulfide) groups is 2. The fourth-order valence-corrected chi connectivity index (χ4v) is 13.9. The number of hydrogen-bond acceptors (Lipinski definition) is 45. The number of rotatable bonds is 40. The zero-order valence-electron chi connectivity index (χ0n) is 86.4. The quantitative estimate of drug-likeness (QED) is 0.0125. The third kappa shape index (κ3) is 36.9. The molecule has 49 heteroatoms. The van der Waals surface area contributed by atoms with Gasteiger partial charge < -0.3 is 109 Å². The Bertz CT molecular complexity index is 6230. The first kappa shape index (κ1) is 117. The van der Waals surface area contributed by atoms with Gasteiger partial charge in [0, 0.05) is 152 Å². The topological polar surface area (TPSA) is 597 Å². The van der Waals surface area contributed by atoms with Gasteiger partial charge in [-0.05, 0) is 136 Å². The smallest absolute Gasteiger partial charge is 0.433 e. The van der Waals surface area contributed by atoms with E-state index in [2.05, 4.69) is 206 Å². The van der Waals surface area contributed by atoms with Crippen LogP contribution in [0.3, 0.4) is 0 Å². The Labute approximate surface area is 865 Å². The molecule has 2 atom stereocenters. The minimum absolute atomic E-state index is 0.0384. The number of methoxy groups -OCH3 is 1. The summed E-state index contributed by atoms with van der Waals surface area (Å²) in [6.45, 7) is 35.5. The molecule has 786 valence electrons. The molecule has 12 aromatic rings. The number of aliphatic hydroxyl groups is 2. The molecule has 0 saturated carbocycles. The minimum atomic E-state index is -4.55. The standard InChI is InChI=1S/C19H29N5O2S.C17H26N6OS.C17H25N5O3.C16H23BrN6O.C14H15F3N4O.C14H16N8O/c1-5-6-13(7-8-25)23-19-22-11-16(18(20)24-19)26-15-9-17(27-4)21-10-14(15)12(2)3;1-11(2)12-9-20-15(25-5)8-13(12)24-14-10-21-17(18)22-16(14)19-6-7-23(3)4;1-5-11(23)7-20-17-21-9-14(16(18)22-17)25-13-6-15(24-4)19-8-12(13)10(2)3;1-10(2)11-8-20-14(17)7-12(11)24-13-9-21-16(18)22-15(13)19-5-6-23(3)4;1-7(2)9-5-20-12(14(15,16)17)4-10(9)22-11-6-19-8(3)21-13(11)18;1-7(2)9-5-17-10(14-19-21-22-20-14)4-11(9)23-12-6-16-8(3)18-13(12)15/h9-13,25H,5-8H2,1-4H3,(H3,20,22,23,24);8-11H,6-7H2,1-5H3,(H3,18,19,21,22);6,8-11,23H,5,7H2,1-4H3,(H3,18,20,21,22);7-10H,5-6H2,1-4H3,(H3,18,19,21,22);4-7H,1-3H3,(H2,18,19,21);4-7,14H,1-3H3,(H2,15,16,18). The van der Waals surface area contributed by atoms with E-state index in [1.165, 1.54) is 12.4 Å². The highest BCUT2D eigenvalue weighted by atomic mass is 79.9.